The molecule has 8 nitrogen and oxygen atoms in total. The molecule has 162 valence electrons. The summed E-state index contributed by atoms with van der Waals surface area (Å²) < 4.78 is 38.3. The maximum atomic E-state index is 13.4. The van der Waals surface area contributed by atoms with Crippen molar-refractivity contribution in [1.82, 2.24) is 15.0 Å². The molecule has 0 spiro atoms. The van der Waals surface area contributed by atoms with Crippen molar-refractivity contribution >= 4 is 15.8 Å². The Bertz CT molecular complexity index is 1380. The maximum absolute atomic E-state index is 13.4. The predicted octanol–water partition coefficient (Wildman–Crippen LogP) is 3.56. The number of hydrogen-bond acceptors (Lipinski definition) is 7. The largest absolute Gasteiger partial charge is 0.494 e. The standard InChI is InChI=1S/C23H19N3O5S/c1-30-21-9-5-4-8-20(21)26-15-19(24-25-26)18-7-3-6-10-22(18)32(28,29)17-13-11-16(12-14-17)23(27)31-2/h3-15H,1-2H3. The van der Waals surface area contributed by atoms with Gasteiger partial charge in [-0.25, -0.2) is 17.9 Å². The van der Waals surface area contributed by atoms with Crippen molar-refractivity contribution < 1.29 is 22.7 Å². The van der Waals surface area contributed by atoms with Gasteiger partial charge in [-0.1, -0.05) is 35.5 Å². The Balaban J connectivity index is 1.76. The van der Waals surface area contributed by atoms with Crippen molar-refractivity contribution in [3.05, 3.63) is 84.6 Å². The minimum absolute atomic E-state index is 0.0507. The van der Waals surface area contributed by atoms with E-state index in [0.717, 1.165) is 0 Å². The normalized spacial score (nSPS) is 11.2. The highest BCUT2D eigenvalue weighted by Gasteiger charge is 2.24. The minimum Gasteiger partial charge on any atom is -0.494 e. The van der Waals surface area contributed by atoms with Crippen LogP contribution in [0.2, 0.25) is 0 Å². The van der Waals surface area contributed by atoms with Crippen LogP contribution < -0.4 is 4.74 Å². The first-order chi connectivity index (χ1) is 15.5. The molecule has 0 aliphatic carbocycles. The molecule has 0 N–H and O–H groups in total. The lowest BCUT2D eigenvalue weighted by Crippen LogP contribution is -2.06. The average Bonchev–Trinajstić information content (AvgIpc) is 3.33. The quantitative estimate of drug-likeness (QED) is 0.415. The average molecular weight is 449 g/mol. The van der Waals surface area contributed by atoms with E-state index in [1.165, 1.54) is 42.1 Å². The Hall–Kier alpha value is -3.98. The molecule has 1 heterocycles. The van der Waals surface area contributed by atoms with Crippen LogP contribution >= 0.6 is 0 Å². The minimum atomic E-state index is -3.89. The summed E-state index contributed by atoms with van der Waals surface area (Å²) in [6, 6.07) is 19.5. The number of carbonyl (C=O) groups is 1. The highest BCUT2D eigenvalue weighted by molar-refractivity contribution is 7.91. The summed E-state index contributed by atoms with van der Waals surface area (Å²) in [5.74, 6) is 0.0675. The zero-order valence-corrected chi connectivity index (χ0v) is 18.1. The van der Waals surface area contributed by atoms with Gasteiger partial charge in [-0.2, -0.15) is 0 Å². The number of methoxy groups -OCH3 is 2. The van der Waals surface area contributed by atoms with Crippen molar-refractivity contribution in [3.63, 3.8) is 0 Å². The van der Waals surface area contributed by atoms with Crippen molar-refractivity contribution in [3.8, 4) is 22.7 Å². The third-order valence-electron chi connectivity index (χ3n) is 4.86. The summed E-state index contributed by atoms with van der Waals surface area (Å²) in [5, 5.41) is 8.33. The van der Waals surface area contributed by atoms with Crippen LogP contribution in [0.1, 0.15) is 10.4 Å². The van der Waals surface area contributed by atoms with Gasteiger partial charge < -0.3 is 9.47 Å². The smallest absolute Gasteiger partial charge is 0.337 e. The molecule has 0 aliphatic rings. The first-order valence-corrected chi connectivity index (χ1v) is 11.0. The molecule has 0 atom stereocenters. The molecule has 0 bridgehead atoms. The van der Waals surface area contributed by atoms with Gasteiger partial charge in [0.2, 0.25) is 9.84 Å². The lowest BCUT2D eigenvalue weighted by molar-refractivity contribution is 0.0600. The van der Waals surface area contributed by atoms with E-state index in [-0.39, 0.29) is 15.4 Å². The number of sulfone groups is 1. The highest BCUT2D eigenvalue weighted by Crippen LogP contribution is 2.31. The fourth-order valence-corrected chi connectivity index (χ4v) is 4.72. The Morgan fingerprint density at radius 3 is 2.31 bits per heavy atom. The monoisotopic (exact) mass is 449 g/mol. The molecule has 4 aromatic rings. The summed E-state index contributed by atoms with van der Waals surface area (Å²) in [4.78, 5) is 11.8. The first kappa shape index (κ1) is 21.3. The summed E-state index contributed by atoms with van der Waals surface area (Å²) in [6.45, 7) is 0. The summed E-state index contributed by atoms with van der Waals surface area (Å²) in [5.41, 5.74) is 1.74. The van der Waals surface area contributed by atoms with E-state index in [0.29, 0.717) is 22.7 Å². The maximum Gasteiger partial charge on any atom is 0.337 e. The van der Waals surface area contributed by atoms with Crippen LogP contribution in [0.4, 0.5) is 0 Å². The molecule has 0 amide bonds. The van der Waals surface area contributed by atoms with Crippen molar-refractivity contribution in [2.75, 3.05) is 14.2 Å². The Morgan fingerprint density at radius 2 is 1.59 bits per heavy atom. The fourth-order valence-electron chi connectivity index (χ4n) is 3.25. The van der Waals surface area contributed by atoms with E-state index < -0.39 is 15.8 Å². The number of aromatic nitrogens is 3. The fraction of sp³-hybridized carbons (Fsp3) is 0.0870. The predicted molar refractivity (Wildman–Crippen MR) is 117 cm³/mol. The zero-order valence-electron chi connectivity index (χ0n) is 17.3. The zero-order chi connectivity index (χ0) is 22.7. The molecule has 9 heteroatoms. The van der Waals surface area contributed by atoms with Gasteiger partial charge in [0.25, 0.3) is 0 Å². The molecule has 4 rings (SSSR count). The van der Waals surface area contributed by atoms with Gasteiger partial charge in [0, 0.05) is 5.56 Å². The Morgan fingerprint density at radius 1 is 0.906 bits per heavy atom. The summed E-state index contributed by atoms with van der Waals surface area (Å²) in [7, 11) is -1.06. The molecule has 1 aromatic heterocycles. The molecule has 0 saturated carbocycles. The third-order valence-corrected chi connectivity index (χ3v) is 6.69. The summed E-state index contributed by atoms with van der Waals surface area (Å²) in [6.07, 6.45) is 1.65. The van der Waals surface area contributed by atoms with Crippen LogP contribution in [-0.2, 0) is 14.6 Å². The third kappa shape index (κ3) is 3.85. The number of esters is 1. The second kappa shape index (κ2) is 8.64. The van der Waals surface area contributed by atoms with Crippen LogP contribution in [0.3, 0.4) is 0 Å². The number of hydrogen-bond donors (Lipinski definition) is 0. The van der Waals surface area contributed by atoms with E-state index >= 15 is 0 Å². The van der Waals surface area contributed by atoms with Gasteiger partial charge >= 0.3 is 5.97 Å². The van der Waals surface area contributed by atoms with Crippen LogP contribution in [0.5, 0.6) is 5.75 Å². The van der Waals surface area contributed by atoms with E-state index in [9.17, 15) is 13.2 Å². The van der Waals surface area contributed by atoms with Crippen molar-refractivity contribution in [2.24, 2.45) is 0 Å². The van der Waals surface area contributed by atoms with Crippen LogP contribution in [-0.4, -0.2) is 43.6 Å². The lowest BCUT2D eigenvalue weighted by atomic mass is 10.2. The number of nitrogens with zero attached hydrogens (tertiary/aromatic N) is 3. The number of carbonyl (C=O) groups excluding carboxylic acids is 1. The highest BCUT2D eigenvalue weighted by atomic mass is 32.2. The number of rotatable bonds is 6. The molecule has 0 radical (unpaired) electrons. The lowest BCUT2D eigenvalue weighted by Gasteiger charge is -2.09. The van der Waals surface area contributed by atoms with E-state index in [4.69, 9.17) is 4.74 Å². The molecule has 0 aliphatic heterocycles. The van der Waals surface area contributed by atoms with Gasteiger partial charge in [0.1, 0.15) is 17.1 Å². The molecule has 0 unspecified atom stereocenters. The van der Waals surface area contributed by atoms with Gasteiger partial charge in [-0.05, 0) is 42.5 Å². The second-order valence-corrected chi connectivity index (χ2v) is 8.65. The molecule has 3 aromatic carbocycles. The molecule has 0 saturated heterocycles. The Kier molecular flexibility index (Phi) is 5.74. The molecular formula is C23H19N3O5S. The molecule has 0 fully saturated rings. The number of ether oxygens (including phenoxy) is 2. The SMILES string of the molecule is COC(=O)c1ccc(S(=O)(=O)c2ccccc2-c2cn(-c3ccccc3OC)nn2)cc1. The molecular weight excluding hydrogens is 430 g/mol. The topological polar surface area (TPSA) is 100 Å². The van der Waals surface area contributed by atoms with E-state index in [1.807, 2.05) is 18.2 Å². The van der Waals surface area contributed by atoms with Crippen molar-refractivity contribution in [1.29, 1.82) is 0 Å². The number of para-hydroxylation sites is 2. The van der Waals surface area contributed by atoms with Crippen LogP contribution in [0, 0.1) is 0 Å². The first-order valence-electron chi connectivity index (χ1n) is 9.54. The number of benzene rings is 3. The van der Waals surface area contributed by atoms with Crippen LogP contribution in [0.15, 0.2) is 88.8 Å². The Labute approximate surface area is 185 Å². The van der Waals surface area contributed by atoms with Gasteiger partial charge in [-0.15, -0.1) is 5.10 Å². The summed E-state index contributed by atoms with van der Waals surface area (Å²) >= 11 is 0. The van der Waals surface area contributed by atoms with E-state index in [1.54, 1.807) is 37.6 Å². The second-order valence-electron chi connectivity index (χ2n) is 6.74. The van der Waals surface area contributed by atoms with Gasteiger partial charge in [0.05, 0.1) is 35.8 Å². The van der Waals surface area contributed by atoms with Gasteiger partial charge in [0.15, 0.2) is 0 Å². The van der Waals surface area contributed by atoms with Crippen molar-refractivity contribution in [2.45, 2.75) is 9.79 Å². The molecule has 32 heavy (non-hydrogen) atoms. The van der Waals surface area contributed by atoms with E-state index in [2.05, 4.69) is 15.0 Å². The van der Waals surface area contributed by atoms with Crippen LogP contribution in [0.25, 0.3) is 16.9 Å². The van der Waals surface area contributed by atoms with Gasteiger partial charge in [-0.3, -0.25) is 0 Å².